The standard InChI is InChI=1S/C16H13BrN4O/c17-14-5-3-12(4-6-14)11-21-15(7-9-19-21)20-16(22)13-2-1-8-18-10-13/h1-10H,11H2,(H,20,22). The first-order chi connectivity index (χ1) is 10.7. The lowest BCUT2D eigenvalue weighted by Gasteiger charge is -2.09. The molecule has 0 fully saturated rings. The second-order valence-corrected chi connectivity index (χ2v) is 5.61. The van der Waals surface area contributed by atoms with Crippen LogP contribution in [0.1, 0.15) is 15.9 Å². The van der Waals surface area contributed by atoms with Crippen molar-refractivity contribution in [3.63, 3.8) is 0 Å². The number of rotatable bonds is 4. The third kappa shape index (κ3) is 3.40. The minimum Gasteiger partial charge on any atom is -0.307 e. The molecule has 110 valence electrons. The summed E-state index contributed by atoms with van der Waals surface area (Å²) in [4.78, 5) is 16.1. The summed E-state index contributed by atoms with van der Waals surface area (Å²) >= 11 is 3.41. The number of amides is 1. The fourth-order valence-electron chi connectivity index (χ4n) is 2.01. The smallest absolute Gasteiger partial charge is 0.258 e. The van der Waals surface area contributed by atoms with Crippen molar-refractivity contribution in [1.29, 1.82) is 0 Å². The summed E-state index contributed by atoms with van der Waals surface area (Å²) in [5, 5.41) is 7.11. The largest absolute Gasteiger partial charge is 0.307 e. The molecule has 1 N–H and O–H groups in total. The van der Waals surface area contributed by atoms with Crippen molar-refractivity contribution >= 4 is 27.7 Å². The Morgan fingerprint density at radius 3 is 2.68 bits per heavy atom. The Labute approximate surface area is 136 Å². The maximum absolute atomic E-state index is 12.2. The molecule has 0 aliphatic heterocycles. The van der Waals surface area contributed by atoms with Gasteiger partial charge >= 0.3 is 0 Å². The van der Waals surface area contributed by atoms with Crippen LogP contribution in [0.4, 0.5) is 5.82 Å². The van der Waals surface area contributed by atoms with Crippen molar-refractivity contribution in [2.24, 2.45) is 0 Å². The van der Waals surface area contributed by atoms with Gasteiger partial charge in [0.1, 0.15) is 5.82 Å². The summed E-state index contributed by atoms with van der Waals surface area (Å²) in [6, 6.07) is 13.2. The summed E-state index contributed by atoms with van der Waals surface area (Å²) in [6.45, 7) is 0.586. The topological polar surface area (TPSA) is 59.8 Å². The first-order valence-electron chi connectivity index (χ1n) is 6.70. The van der Waals surface area contributed by atoms with Crippen LogP contribution in [-0.4, -0.2) is 20.7 Å². The lowest BCUT2D eigenvalue weighted by molar-refractivity contribution is 0.102. The quantitative estimate of drug-likeness (QED) is 0.779. The van der Waals surface area contributed by atoms with Gasteiger partial charge in [-0.05, 0) is 29.8 Å². The highest BCUT2D eigenvalue weighted by molar-refractivity contribution is 9.10. The summed E-state index contributed by atoms with van der Waals surface area (Å²) in [5.41, 5.74) is 1.61. The number of pyridine rings is 1. The SMILES string of the molecule is O=C(Nc1ccnn1Cc1ccc(Br)cc1)c1cccnc1. The van der Waals surface area contributed by atoms with Crippen molar-refractivity contribution in [2.45, 2.75) is 6.54 Å². The fourth-order valence-corrected chi connectivity index (χ4v) is 2.28. The van der Waals surface area contributed by atoms with E-state index in [0.29, 0.717) is 17.9 Å². The zero-order chi connectivity index (χ0) is 15.4. The molecule has 5 nitrogen and oxygen atoms in total. The summed E-state index contributed by atoms with van der Waals surface area (Å²) in [6.07, 6.45) is 4.83. The first kappa shape index (κ1) is 14.5. The molecule has 6 heteroatoms. The number of nitrogens with one attached hydrogen (secondary N) is 1. The van der Waals surface area contributed by atoms with Gasteiger partial charge in [-0.3, -0.25) is 9.78 Å². The normalized spacial score (nSPS) is 10.4. The van der Waals surface area contributed by atoms with Crippen LogP contribution in [-0.2, 0) is 6.54 Å². The number of carbonyl (C=O) groups is 1. The summed E-state index contributed by atoms with van der Waals surface area (Å²) in [5.74, 6) is 0.447. The van der Waals surface area contributed by atoms with E-state index in [1.165, 1.54) is 6.20 Å². The second kappa shape index (κ2) is 6.53. The number of halogens is 1. The molecule has 0 bridgehead atoms. The average Bonchev–Trinajstić information content (AvgIpc) is 2.97. The van der Waals surface area contributed by atoms with Gasteiger partial charge in [-0.25, -0.2) is 4.68 Å². The van der Waals surface area contributed by atoms with Crippen molar-refractivity contribution in [3.05, 3.63) is 76.7 Å². The molecular formula is C16H13BrN4O. The van der Waals surface area contributed by atoms with Crippen LogP contribution >= 0.6 is 15.9 Å². The molecule has 0 aliphatic carbocycles. The zero-order valence-corrected chi connectivity index (χ0v) is 13.2. The molecule has 0 unspecified atom stereocenters. The van der Waals surface area contributed by atoms with E-state index in [1.807, 2.05) is 24.3 Å². The number of anilines is 1. The minimum absolute atomic E-state index is 0.203. The highest BCUT2D eigenvalue weighted by Crippen LogP contribution is 2.14. The molecule has 1 aromatic carbocycles. The molecule has 0 saturated heterocycles. The van der Waals surface area contributed by atoms with Crippen molar-refractivity contribution < 1.29 is 4.79 Å². The van der Waals surface area contributed by atoms with Gasteiger partial charge in [0.15, 0.2) is 0 Å². The Kier molecular flexibility index (Phi) is 4.29. The van der Waals surface area contributed by atoms with E-state index in [9.17, 15) is 4.79 Å². The van der Waals surface area contributed by atoms with E-state index in [-0.39, 0.29) is 5.91 Å². The van der Waals surface area contributed by atoms with E-state index in [1.54, 1.807) is 35.3 Å². The van der Waals surface area contributed by atoms with Gasteiger partial charge in [0.2, 0.25) is 0 Å². The number of hydrogen-bond acceptors (Lipinski definition) is 3. The lowest BCUT2D eigenvalue weighted by Crippen LogP contribution is -2.16. The Bertz CT molecular complexity index is 768. The highest BCUT2D eigenvalue weighted by Gasteiger charge is 2.09. The van der Waals surface area contributed by atoms with Crippen LogP contribution in [0.15, 0.2) is 65.5 Å². The van der Waals surface area contributed by atoms with Crippen LogP contribution in [0.25, 0.3) is 0 Å². The molecule has 2 aromatic heterocycles. The monoisotopic (exact) mass is 356 g/mol. The van der Waals surface area contributed by atoms with Gasteiger partial charge in [0, 0.05) is 22.9 Å². The number of nitrogens with zero attached hydrogens (tertiary/aromatic N) is 3. The Morgan fingerprint density at radius 1 is 1.14 bits per heavy atom. The highest BCUT2D eigenvalue weighted by atomic mass is 79.9. The lowest BCUT2D eigenvalue weighted by atomic mass is 10.2. The van der Waals surface area contributed by atoms with Gasteiger partial charge in [0.05, 0.1) is 18.3 Å². The average molecular weight is 357 g/mol. The maximum atomic E-state index is 12.2. The van der Waals surface area contributed by atoms with E-state index >= 15 is 0 Å². The molecule has 0 saturated carbocycles. The number of hydrogen-bond donors (Lipinski definition) is 1. The molecule has 3 aromatic rings. The Morgan fingerprint density at radius 2 is 1.95 bits per heavy atom. The zero-order valence-electron chi connectivity index (χ0n) is 11.6. The van der Waals surface area contributed by atoms with Crippen molar-refractivity contribution in [2.75, 3.05) is 5.32 Å². The van der Waals surface area contributed by atoms with E-state index < -0.39 is 0 Å². The third-order valence-corrected chi connectivity index (χ3v) is 3.66. The van der Waals surface area contributed by atoms with Crippen molar-refractivity contribution in [1.82, 2.24) is 14.8 Å². The van der Waals surface area contributed by atoms with Gasteiger partial charge in [-0.1, -0.05) is 28.1 Å². The van der Waals surface area contributed by atoms with Gasteiger partial charge in [-0.2, -0.15) is 5.10 Å². The molecule has 0 spiro atoms. The number of benzene rings is 1. The molecule has 0 atom stereocenters. The Balaban J connectivity index is 1.75. The molecule has 3 rings (SSSR count). The molecule has 0 radical (unpaired) electrons. The van der Waals surface area contributed by atoms with Gasteiger partial charge in [-0.15, -0.1) is 0 Å². The fraction of sp³-hybridized carbons (Fsp3) is 0.0625. The summed E-state index contributed by atoms with van der Waals surface area (Å²) < 4.78 is 2.78. The van der Waals surface area contributed by atoms with Gasteiger partial charge < -0.3 is 5.32 Å². The van der Waals surface area contributed by atoms with Crippen molar-refractivity contribution in [3.8, 4) is 0 Å². The van der Waals surface area contributed by atoms with Gasteiger partial charge in [0.25, 0.3) is 5.91 Å². The Hall–Kier alpha value is -2.47. The van der Waals surface area contributed by atoms with Crippen LogP contribution in [0.2, 0.25) is 0 Å². The number of carbonyl (C=O) groups excluding carboxylic acids is 1. The van der Waals surface area contributed by atoms with Crippen LogP contribution in [0.3, 0.4) is 0 Å². The van der Waals surface area contributed by atoms with Crippen LogP contribution < -0.4 is 5.32 Å². The van der Waals surface area contributed by atoms with Crippen LogP contribution in [0.5, 0.6) is 0 Å². The first-order valence-corrected chi connectivity index (χ1v) is 7.49. The molecular weight excluding hydrogens is 344 g/mol. The third-order valence-electron chi connectivity index (χ3n) is 3.13. The number of aromatic nitrogens is 3. The predicted molar refractivity (Wildman–Crippen MR) is 87.7 cm³/mol. The van der Waals surface area contributed by atoms with E-state index in [2.05, 4.69) is 31.3 Å². The van der Waals surface area contributed by atoms with E-state index in [0.717, 1.165) is 10.0 Å². The summed E-state index contributed by atoms with van der Waals surface area (Å²) in [7, 11) is 0. The second-order valence-electron chi connectivity index (χ2n) is 4.70. The molecule has 1 amide bonds. The maximum Gasteiger partial charge on any atom is 0.258 e. The van der Waals surface area contributed by atoms with Crippen LogP contribution in [0, 0.1) is 0 Å². The molecule has 22 heavy (non-hydrogen) atoms. The molecule has 2 heterocycles. The minimum atomic E-state index is -0.203. The predicted octanol–water partition coefficient (Wildman–Crippen LogP) is 3.34. The molecule has 0 aliphatic rings. The van der Waals surface area contributed by atoms with E-state index in [4.69, 9.17) is 0 Å².